The summed E-state index contributed by atoms with van der Waals surface area (Å²) in [4.78, 5) is 39.5. The van der Waals surface area contributed by atoms with Gasteiger partial charge in [0, 0.05) is 18.3 Å². The minimum atomic E-state index is -5.06. The summed E-state index contributed by atoms with van der Waals surface area (Å²) in [5, 5.41) is 1.04. The van der Waals surface area contributed by atoms with E-state index in [-0.39, 0.29) is 5.91 Å². The van der Waals surface area contributed by atoms with Crippen LogP contribution in [-0.4, -0.2) is 62.9 Å². The monoisotopic (exact) mass is 415 g/mol. The zero-order valence-corrected chi connectivity index (χ0v) is 16.3. The van der Waals surface area contributed by atoms with Crippen LogP contribution in [0.5, 0.6) is 0 Å². The Balaban J connectivity index is 1.73. The number of hydrogen-bond acceptors (Lipinski definition) is 4. The van der Waals surface area contributed by atoms with Crippen molar-refractivity contribution in [1.29, 1.82) is 0 Å². The van der Waals surface area contributed by atoms with E-state index in [1.54, 1.807) is 26.2 Å². The predicted molar refractivity (Wildman–Crippen MR) is 97.0 cm³/mol. The van der Waals surface area contributed by atoms with E-state index in [0.29, 0.717) is 6.54 Å². The van der Waals surface area contributed by atoms with Gasteiger partial charge in [0.25, 0.3) is 0 Å². The number of halogens is 3. The summed E-state index contributed by atoms with van der Waals surface area (Å²) in [6.07, 6.45) is -5.06. The average Bonchev–Trinajstić information content (AvgIpc) is 2.86. The standard InChI is InChI=1S/C18H20F3N3O3S/c1-17(2)12(14(26)23(3)9-10-7-5-4-6-8-10)24-13(25)11(15(24)28-17)22-16(27)18(19,20)21/h4-8,11-12,15H,9H2,1-3H3,(H,22,27). The van der Waals surface area contributed by atoms with Crippen molar-refractivity contribution >= 4 is 29.5 Å². The molecule has 10 heteroatoms. The van der Waals surface area contributed by atoms with Gasteiger partial charge in [0.1, 0.15) is 17.5 Å². The molecule has 2 fully saturated rings. The molecule has 1 aromatic carbocycles. The van der Waals surface area contributed by atoms with Crippen LogP contribution in [0, 0.1) is 0 Å². The number of alkyl halides is 3. The first-order chi connectivity index (χ1) is 12.9. The maximum Gasteiger partial charge on any atom is 0.471 e. The van der Waals surface area contributed by atoms with Gasteiger partial charge in [-0.3, -0.25) is 14.4 Å². The van der Waals surface area contributed by atoms with Gasteiger partial charge in [0.2, 0.25) is 11.8 Å². The Hall–Kier alpha value is -2.23. The topological polar surface area (TPSA) is 69.7 Å². The molecule has 3 atom stereocenters. The minimum absolute atomic E-state index is 0.294. The van der Waals surface area contributed by atoms with Gasteiger partial charge in [-0.05, 0) is 19.4 Å². The highest BCUT2D eigenvalue weighted by Gasteiger charge is 2.65. The number of nitrogens with one attached hydrogen (secondary N) is 1. The van der Waals surface area contributed by atoms with Gasteiger partial charge in [0.15, 0.2) is 0 Å². The quantitative estimate of drug-likeness (QED) is 0.761. The minimum Gasteiger partial charge on any atom is -0.340 e. The fraction of sp³-hybridized carbons (Fsp3) is 0.500. The third-order valence-electron chi connectivity index (χ3n) is 4.86. The summed E-state index contributed by atoms with van der Waals surface area (Å²) in [5.74, 6) is -3.12. The van der Waals surface area contributed by atoms with Crippen LogP contribution in [-0.2, 0) is 20.9 Å². The molecule has 28 heavy (non-hydrogen) atoms. The third kappa shape index (κ3) is 3.57. The number of rotatable bonds is 4. The lowest BCUT2D eigenvalue weighted by atomic mass is 9.94. The molecule has 0 spiro atoms. The van der Waals surface area contributed by atoms with Gasteiger partial charge in [-0.25, -0.2) is 0 Å². The molecule has 0 bridgehead atoms. The molecule has 2 heterocycles. The number of thioether (sulfide) groups is 1. The van der Waals surface area contributed by atoms with Crippen molar-refractivity contribution in [2.75, 3.05) is 7.05 Å². The summed E-state index contributed by atoms with van der Waals surface area (Å²) in [6.45, 7) is 3.88. The Morgan fingerprint density at radius 1 is 1.25 bits per heavy atom. The molecule has 0 aromatic heterocycles. The highest BCUT2D eigenvalue weighted by molar-refractivity contribution is 8.01. The summed E-state index contributed by atoms with van der Waals surface area (Å²) in [5.41, 5.74) is 0.920. The zero-order valence-electron chi connectivity index (χ0n) is 15.5. The number of β-lactam (4-membered cyclic amide) rings is 1. The van der Waals surface area contributed by atoms with E-state index in [2.05, 4.69) is 0 Å². The summed E-state index contributed by atoms with van der Waals surface area (Å²) < 4.78 is 36.8. The molecular formula is C18H20F3N3O3S. The van der Waals surface area contributed by atoms with Crippen LogP contribution in [0.4, 0.5) is 13.2 Å². The number of amides is 3. The highest BCUT2D eigenvalue weighted by Crippen LogP contribution is 2.51. The maximum absolute atomic E-state index is 13.0. The normalized spacial score (nSPS) is 25.7. The van der Waals surface area contributed by atoms with E-state index in [9.17, 15) is 27.6 Å². The molecule has 3 unspecified atom stereocenters. The fourth-order valence-corrected chi connectivity index (χ4v) is 5.14. The lowest BCUT2D eigenvalue weighted by Gasteiger charge is -2.45. The van der Waals surface area contributed by atoms with Gasteiger partial charge >= 0.3 is 12.1 Å². The molecule has 0 aliphatic carbocycles. The lowest BCUT2D eigenvalue weighted by Crippen LogP contribution is -2.72. The second kappa shape index (κ2) is 6.98. The molecule has 2 saturated heterocycles. The van der Waals surface area contributed by atoms with E-state index in [1.807, 2.05) is 30.3 Å². The van der Waals surface area contributed by atoms with Crippen LogP contribution < -0.4 is 5.32 Å². The van der Waals surface area contributed by atoms with Crippen molar-refractivity contribution in [2.45, 2.75) is 48.8 Å². The van der Waals surface area contributed by atoms with Gasteiger partial charge in [-0.15, -0.1) is 11.8 Å². The number of nitrogens with zero attached hydrogens (tertiary/aromatic N) is 2. The Morgan fingerprint density at radius 3 is 2.43 bits per heavy atom. The third-order valence-corrected chi connectivity index (χ3v) is 6.43. The fourth-order valence-electron chi connectivity index (χ4n) is 3.51. The first-order valence-electron chi connectivity index (χ1n) is 8.60. The molecule has 0 radical (unpaired) electrons. The molecule has 152 valence electrons. The second-order valence-electron chi connectivity index (χ2n) is 7.39. The van der Waals surface area contributed by atoms with E-state index in [1.165, 1.54) is 21.6 Å². The first-order valence-corrected chi connectivity index (χ1v) is 9.48. The average molecular weight is 415 g/mol. The summed E-state index contributed by atoms with van der Waals surface area (Å²) in [6, 6.07) is 7.22. The Kier molecular flexibility index (Phi) is 5.11. The van der Waals surface area contributed by atoms with E-state index in [0.717, 1.165) is 5.56 Å². The SMILES string of the molecule is CN(Cc1ccccc1)C(=O)C1N2C(=O)C(NC(=O)C(F)(F)F)C2SC1(C)C. The Morgan fingerprint density at radius 2 is 1.86 bits per heavy atom. The molecule has 2 aliphatic rings. The predicted octanol–water partition coefficient (Wildman–Crippen LogP) is 1.75. The maximum atomic E-state index is 13.0. The van der Waals surface area contributed by atoms with Crippen molar-refractivity contribution < 1.29 is 27.6 Å². The smallest absolute Gasteiger partial charge is 0.340 e. The largest absolute Gasteiger partial charge is 0.471 e. The van der Waals surface area contributed by atoms with Gasteiger partial charge in [0.05, 0.1) is 0 Å². The van der Waals surface area contributed by atoms with Crippen molar-refractivity contribution in [1.82, 2.24) is 15.1 Å². The van der Waals surface area contributed by atoms with Gasteiger partial charge in [-0.2, -0.15) is 13.2 Å². The zero-order chi connectivity index (χ0) is 20.9. The molecule has 1 aromatic rings. The van der Waals surface area contributed by atoms with Crippen LogP contribution in [0.25, 0.3) is 0 Å². The number of fused-ring (bicyclic) bond motifs is 1. The molecule has 6 nitrogen and oxygen atoms in total. The highest BCUT2D eigenvalue weighted by atomic mass is 32.2. The number of benzene rings is 1. The molecule has 1 N–H and O–H groups in total. The van der Waals surface area contributed by atoms with Crippen molar-refractivity contribution in [3.63, 3.8) is 0 Å². The lowest BCUT2D eigenvalue weighted by molar-refractivity contribution is -0.178. The Bertz CT molecular complexity index is 800. The number of carbonyl (C=O) groups is 3. The number of carbonyl (C=O) groups excluding carboxylic acids is 3. The second-order valence-corrected chi connectivity index (χ2v) is 9.16. The van der Waals surface area contributed by atoms with E-state index < -0.39 is 40.2 Å². The van der Waals surface area contributed by atoms with Gasteiger partial charge in [-0.1, -0.05) is 30.3 Å². The van der Waals surface area contributed by atoms with Crippen molar-refractivity contribution in [3.05, 3.63) is 35.9 Å². The molecular weight excluding hydrogens is 395 g/mol. The molecule has 3 amide bonds. The van der Waals surface area contributed by atoms with Crippen LogP contribution in [0.1, 0.15) is 19.4 Å². The number of hydrogen-bond donors (Lipinski definition) is 1. The van der Waals surface area contributed by atoms with Crippen LogP contribution >= 0.6 is 11.8 Å². The Labute approximate surface area is 164 Å². The summed E-state index contributed by atoms with van der Waals surface area (Å²) in [7, 11) is 1.62. The van der Waals surface area contributed by atoms with E-state index >= 15 is 0 Å². The molecule has 0 saturated carbocycles. The molecule has 3 rings (SSSR count). The van der Waals surface area contributed by atoms with E-state index in [4.69, 9.17) is 0 Å². The number of likely N-dealkylation sites (N-methyl/N-ethyl adjacent to an activating group) is 1. The van der Waals surface area contributed by atoms with Gasteiger partial charge < -0.3 is 15.1 Å². The van der Waals surface area contributed by atoms with Crippen LogP contribution in [0.3, 0.4) is 0 Å². The van der Waals surface area contributed by atoms with Crippen molar-refractivity contribution in [3.8, 4) is 0 Å². The molecule has 2 aliphatic heterocycles. The summed E-state index contributed by atoms with van der Waals surface area (Å²) >= 11 is 1.22. The van der Waals surface area contributed by atoms with Crippen LogP contribution in [0.15, 0.2) is 30.3 Å². The van der Waals surface area contributed by atoms with Crippen molar-refractivity contribution in [2.24, 2.45) is 0 Å². The first kappa shape index (κ1) is 20.5. The van der Waals surface area contributed by atoms with Crippen LogP contribution in [0.2, 0.25) is 0 Å².